The van der Waals surface area contributed by atoms with E-state index in [9.17, 15) is 4.79 Å². The number of hydrogen-bond donors (Lipinski definition) is 0. The van der Waals surface area contributed by atoms with Gasteiger partial charge in [0.05, 0.1) is 19.1 Å². The Morgan fingerprint density at radius 1 is 1.45 bits per heavy atom. The van der Waals surface area contributed by atoms with Gasteiger partial charge in [0, 0.05) is 5.92 Å². The minimum absolute atomic E-state index is 0.0442. The monoisotopic (exact) mass is 281 g/mol. The Kier molecular flexibility index (Phi) is 5.11. The number of esters is 1. The fourth-order valence-electron chi connectivity index (χ4n) is 2.35. The number of piperidine rings is 1. The second kappa shape index (κ2) is 6.83. The molecule has 1 aliphatic rings. The van der Waals surface area contributed by atoms with Crippen LogP contribution in [0.25, 0.3) is 0 Å². The number of likely N-dealkylation sites (tertiary alicyclic amines) is 1. The van der Waals surface area contributed by atoms with Crippen LogP contribution in [0.2, 0.25) is 0 Å². The van der Waals surface area contributed by atoms with Crippen molar-refractivity contribution in [3.05, 3.63) is 11.7 Å². The SMILES string of the molecule is CCOC(=O)C1CCN(Cc2noc(C(C)C)n2)CC1. The summed E-state index contributed by atoms with van der Waals surface area (Å²) in [5, 5.41) is 4.00. The molecule has 1 fully saturated rings. The van der Waals surface area contributed by atoms with Gasteiger partial charge in [-0.05, 0) is 32.9 Å². The minimum Gasteiger partial charge on any atom is -0.466 e. The molecular weight excluding hydrogens is 258 g/mol. The molecule has 0 saturated carbocycles. The van der Waals surface area contributed by atoms with E-state index < -0.39 is 0 Å². The molecule has 0 bridgehead atoms. The van der Waals surface area contributed by atoms with Gasteiger partial charge in [0.25, 0.3) is 0 Å². The van der Waals surface area contributed by atoms with Crippen molar-refractivity contribution in [1.82, 2.24) is 15.0 Å². The summed E-state index contributed by atoms with van der Waals surface area (Å²) in [6.07, 6.45) is 1.68. The van der Waals surface area contributed by atoms with Crippen molar-refractivity contribution < 1.29 is 14.1 Å². The lowest BCUT2D eigenvalue weighted by Gasteiger charge is -2.29. The zero-order valence-corrected chi connectivity index (χ0v) is 12.5. The van der Waals surface area contributed by atoms with Crippen LogP contribution in [0.15, 0.2) is 4.52 Å². The Morgan fingerprint density at radius 2 is 2.15 bits per heavy atom. The van der Waals surface area contributed by atoms with E-state index in [0.717, 1.165) is 31.8 Å². The number of ether oxygens (including phenoxy) is 1. The molecule has 1 saturated heterocycles. The molecule has 0 atom stereocenters. The lowest BCUT2D eigenvalue weighted by Crippen LogP contribution is -2.36. The molecule has 1 aromatic heterocycles. The maximum absolute atomic E-state index is 11.7. The van der Waals surface area contributed by atoms with Gasteiger partial charge in [0.2, 0.25) is 5.89 Å². The molecule has 0 radical (unpaired) electrons. The Morgan fingerprint density at radius 3 is 2.70 bits per heavy atom. The molecule has 0 amide bonds. The van der Waals surface area contributed by atoms with Gasteiger partial charge in [0.1, 0.15) is 0 Å². The maximum Gasteiger partial charge on any atom is 0.309 e. The fourth-order valence-corrected chi connectivity index (χ4v) is 2.35. The highest BCUT2D eigenvalue weighted by Crippen LogP contribution is 2.20. The number of aromatic nitrogens is 2. The summed E-state index contributed by atoms with van der Waals surface area (Å²) in [6, 6.07) is 0. The van der Waals surface area contributed by atoms with E-state index in [1.807, 2.05) is 20.8 Å². The Bertz CT molecular complexity index is 437. The molecule has 112 valence electrons. The van der Waals surface area contributed by atoms with Crippen molar-refractivity contribution in [3.8, 4) is 0 Å². The van der Waals surface area contributed by atoms with Crippen molar-refractivity contribution in [1.29, 1.82) is 0 Å². The zero-order chi connectivity index (χ0) is 14.5. The third-order valence-corrected chi connectivity index (χ3v) is 3.55. The van der Waals surface area contributed by atoms with Gasteiger partial charge >= 0.3 is 5.97 Å². The standard InChI is InChI=1S/C14H23N3O3/c1-4-19-14(18)11-5-7-17(8-6-11)9-12-15-13(10(2)3)20-16-12/h10-11H,4-9H2,1-3H3. The first-order valence-electron chi connectivity index (χ1n) is 7.31. The lowest BCUT2D eigenvalue weighted by molar-refractivity contribution is -0.149. The van der Waals surface area contributed by atoms with Crippen LogP contribution < -0.4 is 0 Å². The summed E-state index contributed by atoms with van der Waals surface area (Å²) in [6.45, 7) is 8.79. The molecule has 20 heavy (non-hydrogen) atoms. The molecule has 0 aromatic carbocycles. The van der Waals surface area contributed by atoms with Gasteiger partial charge in [-0.1, -0.05) is 19.0 Å². The van der Waals surface area contributed by atoms with Crippen molar-refractivity contribution in [2.75, 3.05) is 19.7 Å². The smallest absolute Gasteiger partial charge is 0.309 e. The van der Waals surface area contributed by atoms with Crippen LogP contribution in [0.3, 0.4) is 0 Å². The van der Waals surface area contributed by atoms with Gasteiger partial charge in [0.15, 0.2) is 5.82 Å². The molecule has 2 heterocycles. The molecule has 1 aromatic rings. The second-order valence-electron chi connectivity index (χ2n) is 5.51. The summed E-state index contributed by atoms with van der Waals surface area (Å²) >= 11 is 0. The van der Waals surface area contributed by atoms with E-state index in [0.29, 0.717) is 19.0 Å². The first kappa shape index (κ1) is 15.0. The highest BCUT2D eigenvalue weighted by Gasteiger charge is 2.26. The van der Waals surface area contributed by atoms with Gasteiger partial charge in [-0.25, -0.2) is 0 Å². The Hall–Kier alpha value is -1.43. The number of rotatable bonds is 5. The first-order valence-corrected chi connectivity index (χ1v) is 7.31. The molecule has 1 aliphatic heterocycles. The fraction of sp³-hybridized carbons (Fsp3) is 0.786. The highest BCUT2D eigenvalue weighted by atomic mass is 16.5. The van der Waals surface area contributed by atoms with Crippen molar-refractivity contribution in [2.45, 2.75) is 46.1 Å². The van der Waals surface area contributed by atoms with E-state index >= 15 is 0 Å². The molecule has 0 spiro atoms. The summed E-state index contributed by atoms with van der Waals surface area (Å²) in [7, 11) is 0. The van der Waals surface area contributed by atoms with Crippen molar-refractivity contribution >= 4 is 5.97 Å². The van der Waals surface area contributed by atoms with Crippen LogP contribution in [0.4, 0.5) is 0 Å². The average molecular weight is 281 g/mol. The number of carbonyl (C=O) groups excluding carboxylic acids is 1. The minimum atomic E-state index is -0.0613. The van der Waals surface area contributed by atoms with Crippen LogP contribution >= 0.6 is 0 Å². The number of nitrogens with zero attached hydrogens (tertiary/aromatic N) is 3. The van der Waals surface area contributed by atoms with E-state index in [2.05, 4.69) is 15.0 Å². The highest BCUT2D eigenvalue weighted by molar-refractivity contribution is 5.72. The predicted octanol–water partition coefficient (Wildman–Crippen LogP) is 1.97. The van der Waals surface area contributed by atoms with Crippen LogP contribution in [-0.4, -0.2) is 40.7 Å². The Labute approximate surface area is 119 Å². The third-order valence-electron chi connectivity index (χ3n) is 3.55. The Balaban J connectivity index is 1.80. The topological polar surface area (TPSA) is 68.5 Å². The van der Waals surface area contributed by atoms with Crippen LogP contribution in [0, 0.1) is 5.92 Å². The van der Waals surface area contributed by atoms with Gasteiger partial charge in [-0.3, -0.25) is 9.69 Å². The van der Waals surface area contributed by atoms with Crippen LogP contribution in [0.1, 0.15) is 51.2 Å². The second-order valence-corrected chi connectivity index (χ2v) is 5.51. The predicted molar refractivity (Wildman–Crippen MR) is 73.0 cm³/mol. The maximum atomic E-state index is 11.7. The third kappa shape index (κ3) is 3.79. The van der Waals surface area contributed by atoms with Crippen LogP contribution in [-0.2, 0) is 16.1 Å². The van der Waals surface area contributed by atoms with Crippen molar-refractivity contribution in [2.24, 2.45) is 5.92 Å². The number of carbonyl (C=O) groups is 1. The molecule has 6 heteroatoms. The van der Waals surface area contributed by atoms with E-state index in [1.54, 1.807) is 0 Å². The number of hydrogen-bond acceptors (Lipinski definition) is 6. The zero-order valence-electron chi connectivity index (χ0n) is 12.5. The van der Waals surface area contributed by atoms with E-state index in [-0.39, 0.29) is 17.8 Å². The largest absolute Gasteiger partial charge is 0.466 e. The van der Waals surface area contributed by atoms with Gasteiger partial charge in [-0.2, -0.15) is 4.98 Å². The normalized spacial score (nSPS) is 17.6. The van der Waals surface area contributed by atoms with Gasteiger partial charge in [-0.15, -0.1) is 0 Å². The van der Waals surface area contributed by atoms with E-state index in [4.69, 9.17) is 9.26 Å². The van der Waals surface area contributed by atoms with Gasteiger partial charge < -0.3 is 9.26 Å². The summed E-state index contributed by atoms with van der Waals surface area (Å²) in [5.74, 6) is 1.65. The summed E-state index contributed by atoms with van der Waals surface area (Å²) in [5.41, 5.74) is 0. The molecule has 0 aliphatic carbocycles. The summed E-state index contributed by atoms with van der Waals surface area (Å²) in [4.78, 5) is 18.3. The molecular formula is C14H23N3O3. The molecule has 6 nitrogen and oxygen atoms in total. The van der Waals surface area contributed by atoms with Crippen LogP contribution in [0.5, 0.6) is 0 Å². The average Bonchev–Trinajstić information content (AvgIpc) is 2.88. The first-order chi connectivity index (χ1) is 9.60. The molecule has 2 rings (SSSR count). The van der Waals surface area contributed by atoms with E-state index in [1.165, 1.54) is 0 Å². The van der Waals surface area contributed by atoms with Crippen molar-refractivity contribution in [3.63, 3.8) is 0 Å². The quantitative estimate of drug-likeness (QED) is 0.769. The molecule has 0 N–H and O–H groups in total. The summed E-state index contributed by atoms with van der Waals surface area (Å²) < 4.78 is 10.3. The molecule has 0 unspecified atom stereocenters. The lowest BCUT2D eigenvalue weighted by atomic mass is 9.97.